The summed E-state index contributed by atoms with van der Waals surface area (Å²) in [6.07, 6.45) is 1.70. The number of carbonyl (C=O) groups is 1. The van der Waals surface area contributed by atoms with E-state index in [1.54, 1.807) is 17.4 Å². The van der Waals surface area contributed by atoms with Crippen molar-refractivity contribution in [1.29, 1.82) is 0 Å². The Labute approximate surface area is 166 Å². The summed E-state index contributed by atoms with van der Waals surface area (Å²) >= 11 is 0. The van der Waals surface area contributed by atoms with Gasteiger partial charge in [0.15, 0.2) is 0 Å². The van der Waals surface area contributed by atoms with E-state index < -0.39 is 10.0 Å². The fraction of sp³-hybridized carbons (Fsp3) is 0.400. The molecule has 150 valence electrons. The molecule has 0 unspecified atom stereocenters. The zero-order valence-electron chi connectivity index (χ0n) is 16.0. The van der Waals surface area contributed by atoms with Crippen molar-refractivity contribution in [3.8, 4) is 0 Å². The predicted octanol–water partition coefficient (Wildman–Crippen LogP) is 1.48. The van der Waals surface area contributed by atoms with Gasteiger partial charge in [-0.25, -0.2) is 8.42 Å². The molecule has 2 aromatic rings. The Balaban J connectivity index is 1.49. The summed E-state index contributed by atoms with van der Waals surface area (Å²) in [5.41, 5.74) is 2.53. The van der Waals surface area contributed by atoms with Gasteiger partial charge < -0.3 is 5.32 Å². The molecular weight excluding hydrogens is 376 g/mol. The van der Waals surface area contributed by atoms with Gasteiger partial charge in [-0.15, -0.1) is 0 Å². The molecule has 0 aliphatic carbocycles. The first-order valence-corrected chi connectivity index (χ1v) is 11.1. The molecule has 3 rings (SSSR count). The number of rotatable bonds is 7. The number of pyridine rings is 1. The summed E-state index contributed by atoms with van der Waals surface area (Å²) in [5, 5.41) is 2.87. The van der Waals surface area contributed by atoms with E-state index >= 15 is 0 Å². The molecule has 1 aromatic heterocycles. The topological polar surface area (TPSA) is 82.6 Å². The predicted molar refractivity (Wildman–Crippen MR) is 108 cm³/mol. The summed E-state index contributed by atoms with van der Waals surface area (Å²) in [7, 11) is -3.10. The summed E-state index contributed by atoms with van der Waals surface area (Å²) in [6, 6.07) is 13.1. The maximum absolute atomic E-state index is 12.3. The Kier molecular flexibility index (Phi) is 6.77. The normalized spacial score (nSPS) is 16.0. The molecule has 0 saturated carbocycles. The lowest BCUT2D eigenvalue weighted by atomic mass is 10.1. The highest BCUT2D eigenvalue weighted by Gasteiger charge is 2.25. The third-order valence-electron chi connectivity index (χ3n) is 4.87. The Morgan fingerprint density at radius 2 is 1.79 bits per heavy atom. The largest absolute Gasteiger partial charge is 0.346 e. The van der Waals surface area contributed by atoms with E-state index in [2.05, 4.69) is 15.2 Å². The van der Waals surface area contributed by atoms with Crippen molar-refractivity contribution in [2.45, 2.75) is 20.0 Å². The van der Waals surface area contributed by atoms with Crippen LogP contribution < -0.4 is 5.32 Å². The second-order valence-corrected chi connectivity index (χ2v) is 9.03. The van der Waals surface area contributed by atoms with Crippen molar-refractivity contribution < 1.29 is 13.2 Å². The quantitative estimate of drug-likeness (QED) is 0.759. The van der Waals surface area contributed by atoms with Crippen LogP contribution in [0, 0.1) is 0 Å². The first-order chi connectivity index (χ1) is 13.5. The minimum atomic E-state index is -3.10. The maximum atomic E-state index is 12.3. The number of benzene rings is 1. The molecule has 1 aliphatic rings. The maximum Gasteiger partial charge on any atom is 0.251 e. The fourth-order valence-electron chi connectivity index (χ4n) is 3.14. The van der Waals surface area contributed by atoms with Gasteiger partial charge in [0, 0.05) is 44.5 Å². The van der Waals surface area contributed by atoms with Crippen molar-refractivity contribution in [3.05, 3.63) is 65.5 Å². The minimum Gasteiger partial charge on any atom is -0.346 e. The van der Waals surface area contributed by atoms with Gasteiger partial charge >= 0.3 is 0 Å². The summed E-state index contributed by atoms with van der Waals surface area (Å²) in [5.74, 6) is 0.0206. The fourth-order valence-corrected chi connectivity index (χ4v) is 4.23. The summed E-state index contributed by atoms with van der Waals surface area (Å²) in [6.45, 7) is 5.31. The second-order valence-electron chi connectivity index (χ2n) is 6.78. The van der Waals surface area contributed by atoms with E-state index in [9.17, 15) is 13.2 Å². The first-order valence-electron chi connectivity index (χ1n) is 9.45. The standard InChI is InChI=1S/C20H26N4O3S/c1-2-28(26,27)24-13-11-23(12-14-24)16-17-6-8-18(9-7-17)20(25)22-15-19-5-3-4-10-21-19/h3-10H,2,11-16H2,1H3,(H,22,25). The van der Waals surface area contributed by atoms with Gasteiger partial charge in [0.05, 0.1) is 18.0 Å². The number of hydrogen-bond acceptors (Lipinski definition) is 5. The molecule has 8 heteroatoms. The molecule has 1 aromatic carbocycles. The lowest BCUT2D eigenvalue weighted by Gasteiger charge is -2.33. The Hall–Kier alpha value is -2.29. The highest BCUT2D eigenvalue weighted by atomic mass is 32.2. The molecule has 0 spiro atoms. The number of hydrogen-bond donors (Lipinski definition) is 1. The van der Waals surface area contributed by atoms with E-state index in [0.717, 1.165) is 17.8 Å². The molecule has 1 amide bonds. The molecule has 1 fully saturated rings. The Morgan fingerprint density at radius 3 is 2.39 bits per heavy atom. The smallest absolute Gasteiger partial charge is 0.251 e. The monoisotopic (exact) mass is 402 g/mol. The van der Waals surface area contributed by atoms with Crippen molar-refractivity contribution in [2.75, 3.05) is 31.9 Å². The van der Waals surface area contributed by atoms with Crippen LogP contribution in [0.15, 0.2) is 48.7 Å². The van der Waals surface area contributed by atoms with E-state index in [-0.39, 0.29) is 11.7 Å². The Bertz CT molecular complexity index is 877. The van der Waals surface area contributed by atoms with Crippen LogP contribution in [-0.4, -0.2) is 60.4 Å². The van der Waals surface area contributed by atoms with E-state index in [4.69, 9.17) is 0 Å². The van der Waals surface area contributed by atoms with Crippen LogP contribution in [0.25, 0.3) is 0 Å². The molecule has 1 N–H and O–H groups in total. The van der Waals surface area contributed by atoms with Gasteiger partial charge in [-0.2, -0.15) is 4.31 Å². The molecule has 2 heterocycles. The SMILES string of the molecule is CCS(=O)(=O)N1CCN(Cc2ccc(C(=O)NCc3ccccn3)cc2)CC1. The van der Waals surface area contributed by atoms with E-state index in [0.29, 0.717) is 38.3 Å². The van der Waals surface area contributed by atoms with E-state index in [1.807, 2.05) is 42.5 Å². The van der Waals surface area contributed by atoms with Gasteiger partial charge in [-0.3, -0.25) is 14.7 Å². The van der Waals surface area contributed by atoms with Crippen LogP contribution in [0.4, 0.5) is 0 Å². The summed E-state index contributed by atoms with van der Waals surface area (Å²) in [4.78, 5) is 18.7. The van der Waals surface area contributed by atoms with Crippen LogP contribution in [0.3, 0.4) is 0 Å². The van der Waals surface area contributed by atoms with Gasteiger partial charge in [0.25, 0.3) is 5.91 Å². The number of amides is 1. The zero-order valence-corrected chi connectivity index (χ0v) is 16.9. The summed E-state index contributed by atoms with van der Waals surface area (Å²) < 4.78 is 25.4. The molecule has 0 bridgehead atoms. The lowest BCUT2D eigenvalue weighted by Crippen LogP contribution is -2.48. The van der Waals surface area contributed by atoms with Crippen molar-refractivity contribution in [3.63, 3.8) is 0 Å². The van der Waals surface area contributed by atoms with Gasteiger partial charge in [-0.1, -0.05) is 18.2 Å². The lowest BCUT2D eigenvalue weighted by molar-refractivity contribution is 0.0950. The number of carbonyl (C=O) groups excluding carboxylic acids is 1. The molecule has 1 saturated heterocycles. The third-order valence-corrected chi connectivity index (χ3v) is 6.75. The van der Waals surface area contributed by atoms with Crippen LogP contribution >= 0.6 is 0 Å². The van der Waals surface area contributed by atoms with Gasteiger partial charge in [0.1, 0.15) is 0 Å². The van der Waals surface area contributed by atoms with Crippen LogP contribution in [0.2, 0.25) is 0 Å². The average molecular weight is 403 g/mol. The second kappa shape index (κ2) is 9.27. The molecule has 0 atom stereocenters. The zero-order chi connectivity index (χ0) is 20.0. The number of aromatic nitrogens is 1. The van der Waals surface area contributed by atoms with Crippen molar-refractivity contribution >= 4 is 15.9 Å². The molecule has 7 nitrogen and oxygen atoms in total. The number of sulfonamides is 1. The van der Waals surface area contributed by atoms with Gasteiger partial charge in [-0.05, 0) is 36.8 Å². The van der Waals surface area contributed by atoms with Crippen LogP contribution in [0.1, 0.15) is 28.5 Å². The molecule has 28 heavy (non-hydrogen) atoms. The van der Waals surface area contributed by atoms with Crippen LogP contribution in [0.5, 0.6) is 0 Å². The average Bonchev–Trinajstić information content (AvgIpc) is 2.74. The van der Waals surface area contributed by atoms with E-state index in [1.165, 1.54) is 0 Å². The van der Waals surface area contributed by atoms with Crippen molar-refractivity contribution in [2.24, 2.45) is 0 Å². The number of piperazine rings is 1. The Morgan fingerprint density at radius 1 is 1.07 bits per heavy atom. The third kappa shape index (κ3) is 5.37. The number of nitrogens with zero attached hydrogens (tertiary/aromatic N) is 3. The molecule has 0 radical (unpaired) electrons. The molecular formula is C20H26N4O3S. The highest BCUT2D eigenvalue weighted by Crippen LogP contribution is 2.12. The number of nitrogens with one attached hydrogen (secondary N) is 1. The van der Waals surface area contributed by atoms with Crippen molar-refractivity contribution in [1.82, 2.24) is 19.5 Å². The van der Waals surface area contributed by atoms with Gasteiger partial charge in [0.2, 0.25) is 10.0 Å². The highest BCUT2D eigenvalue weighted by molar-refractivity contribution is 7.89. The first kappa shape index (κ1) is 20.4. The van der Waals surface area contributed by atoms with Crippen LogP contribution in [-0.2, 0) is 23.1 Å². The molecule has 1 aliphatic heterocycles. The minimum absolute atomic E-state index is 0.129.